The summed E-state index contributed by atoms with van der Waals surface area (Å²) in [5, 5.41) is 5.01. The van der Waals surface area contributed by atoms with Crippen molar-refractivity contribution in [2.75, 3.05) is 5.32 Å². The van der Waals surface area contributed by atoms with Gasteiger partial charge in [0.25, 0.3) is 5.91 Å². The van der Waals surface area contributed by atoms with E-state index in [0.29, 0.717) is 27.9 Å². The van der Waals surface area contributed by atoms with Crippen molar-refractivity contribution in [1.29, 1.82) is 0 Å². The summed E-state index contributed by atoms with van der Waals surface area (Å²) in [5.74, 6) is 0.990. The molecular formula is C16H11ClN2O2S. The predicted octanol–water partition coefficient (Wildman–Crippen LogP) is 4.84. The Kier molecular flexibility index (Phi) is 4.37. The number of nitrogens with one attached hydrogen (secondary N) is 1. The topological polar surface area (TPSA) is 51.2 Å². The molecule has 4 nitrogen and oxygen atoms in total. The van der Waals surface area contributed by atoms with Crippen molar-refractivity contribution >= 4 is 34.5 Å². The summed E-state index contributed by atoms with van der Waals surface area (Å²) in [6.45, 7) is 0. The molecule has 3 aromatic rings. The zero-order valence-electron chi connectivity index (χ0n) is 11.3. The van der Waals surface area contributed by atoms with Gasteiger partial charge in [-0.1, -0.05) is 23.7 Å². The fourth-order valence-corrected chi connectivity index (χ4v) is 2.49. The van der Waals surface area contributed by atoms with Crippen molar-refractivity contribution in [1.82, 2.24) is 4.98 Å². The van der Waals surface area contributed by atoms with Crippen molar-refractivity contribution in [2.24, 2.45) is 0 Å². The smallest absolute Gasteiger partial charge is 0.275 e. The van der Waals surface area contributed by atoms with Crippen LogP contribution in [0.25, 0.3) is 0 Å². The molecule has 0 unspecified atom stereocenters. The van der Waals surface area contributed by atoms with Crippen LogP contribution in [-0.4, -0.2) is 10.9 Å². The van der Waals surface area contributed by atoms with E-state index in [1.807, 2.05) is 12.1 Å². The van der Waals surface area contributed by atoms with E-state index in [1.165, 1.54) is 11.3 Å². The van der Waals surface area contributed by atoms with Gasteiger partial charge in [-0.3, -0.25) is 4.79 Å². The van der Waals surface area contributed by atoms with Crippen LogP contribution in [0.15, 0.2) is 59.4 Å². The number of para-hydroxylation sites is 1. The molecule has 0 radical (unpaired) electrons. The first-order valence-electron chi connectivity index (χ1n) is 6.44. The number of anilines is 1. The minimum Gasteiger partial charge on any atom is -0.456 e. The van der Waals surface area contributed by atoms with Crippen LogP contribution < -0.4 is 10.1 Å². The van der Waals surface area contributed by atoms with E-state index in [0.717, 1.165) is 0 Å². The Morgan fingerprint density at radius 2 is 1.91 bits per heavy atom. The number of aromatic nitrogens is 1. The molecule has 2 aromatic carbocycles. The fourth-order valence-electron chi connectivity index (χ4n) is 1.78. The molecule has 0 aliphatic carbocycles. The maximum atomic E-state index is 11.9. The van der Waals surface area contributed by atoms with Gasteiger partial charge in [-0.25, -0.2) is 4.98 Å². The molecule has 0 spiro atoms. The number of amides is 1. The minimum atomic E-state index is -0.235. The number of ether oxygens (including phenoxy) is 1. The van der Waals surface area contributed by atoms with E-state index in [1.54, 1.807) is 47.3 Å². The SMILES string of the molecule is O=C(Nc1ccc(Oc2ccccc2Cl)cc1)c1cscn1. The lowest BCUT2D eigenvalue weighted by atomic mass is 10.3. The summed E-state index contributed by atoms with van der Waals surface area (Å²) in [6.07, 6.45) is 0. The number of rotatable bonds is 4. The quantitative estimate of drug-likeness (QED) is 0.744. The van der Waals surface area contributed by atoms with E-state index in [4.69, 9.17) is 16.3 Å². The van der Waals surface area contributed by atoms with Gasteiger partial charge in [0, 0.05) is 11.1 Å². The highest BCUT2D eigenvalue weighted by Crippen LogP contribution is 2.29. The molecule has 0 atom stereocenters. The maximum Gasteiger partial charge on any atom is 0.275 e. The molecular weight excluding hydrogens is 320 g/mol. The average Bonchev–Trinajstić information content (AvgIpc) is 3.06. The standard InChI is InChI=1S/C16H11ClN2O2S/c17-13-3-1-2-4-15(13)21-12-7-5-11(6-8-12)19-16(20)14-9-22-10-18-14/h1-10H,(H,19,20). The molecule has 1 heterocycles. The Morgan fingerprint density at radius 3 is 2.59 bits per heavy atom. The normalized spacial score (nSPS) is 10.2. The lowest BCUT2D eigenvalue weighted by molar-refractivity contribution is 0.102. The second-order valence-corrected chi connectivity index (χ2v) is 5.51. The van der Waals surface area contributed by atoms with Crippen LogP contribution in [0.4, 0.5) is 5.69 Å². The van der Waals surface area contributed by atoms with Crippen molar-refractivity contribution in [3.05, 3.63) is 70.1 Å². The number of halogens is 1. The molecule has 0 aliphatic heterocycles. The van der Waals surface area contributed by atoms with Gasteiger partial charge < -0.3 is 10.1 Å². The monoisotopic (exact) mass is 330 g/mol. The van der Waals surface area contributed by atoms with Gasteiger partial charge in [-0.2, -0.15) is 0 Å². The molecule has 1 aromatic heterocycles. The highest BCUT2D eigenvalue weighted by Gasteiger charge is 2.08. The lowest BCUT2D eigenvalue weighted by Crippen LogP contribution is -2.11. The van der Waals surface area contributed by atoms with Crippen LogP contribution in [0.3, 0.4) is 0 Å². The van der Waals surface area contributed by atoms with Gasteiger partial charge in [0.2, 0.25) is 0 Å². The molecule has 0 bridgehead atoms. The fraction of sp³-hybridized carbons (Fsp3) is 0. The molecule has 0 saturated carbocycles. The van der Waals surface area contributed by atoms with E-state index in [-0.39, 0.29) is 5.91 Å². The number of hydrogen-bond acceptors (Lipinski definition) is 4. The van der Waals surface area contributed by atoms with Gasteiger partial charge in [-0.15, -0.1) is 11.3 Å². The highest BCUT2D eigenvalue weighted by molar-refractivity contribution is 7.07. The average molecular weight is 331 g/mol. The van der Waals surface area contributed by atoms with E-state index >= 15 is 0 Å². The minimum absolute atomic E-state index is 0.235. The largest absolute Gasteiger partial charge is 0.456 e. The number of nitrogens with zero attached hydrogens (tertiary/aromatic N) is 1. The second-order valence-electron chi connectivity index (χ2n) is 4.38. The third-order valence-electron chi connectivity index (χ3n) is 2.84. The van der Waals surface area contributed by atoms with Crippen LogP contribution in [0.5, 0.6) is 11.5 Å². The Labute approximate surface area is 136 Å². The molecule has 1 N–H and O–H groups in total. The summed E-state index contributed by atoms with van der Waals surface area (Å²) in [7, 11) is 0. The number of benzene rings is 2. The first kappa shape index (κ1) is 14.6. The van der Waals surface area contributed by atoms with Crippen LogP contribution >= 0.6 is 22.9 Å². The molecule has 0 aliphatic rings. The first-order valence-corrected chi connectivity index (χ1v) is 7.76. The number of thiazole rings is 1. The first-order chi connectivity index (χ1) is 10.7. The summed E-state index contributed by atoms with van der Waals surface area (Å²) >= 11 is 7.42. The van der Waals surface area contributed by atoms with Gasteiger partial charge in [0.1, 0.15) is 17.2 Å². The van der Waals surface area contributed by atoms with Gasteiger partial charge in [-0.05, 0) is 36.4 Å². The van der Waals surface area contributed by atoms with E-state index in [2.05, 4.69) is 10.3 Å². The Morgan fingerprint density at radius 1 is 1.14 bits per heavy atom. The van der Waals surface area contributed by atoms with E-state index in [9.17, 15) is 4.79 Å². The summed E-state index contributed by atoms with van der Waals surface area (Å²) in [5.41, 5.74) is 2.70. The van der Waals surface area contributed by atoms with Gasteiger partial charge >= 0.3 is 0 Å². The third kappa shape index (κ3) is 3.44. The van der Waals surface area contributed by atoms with E-state index < -0.39 is 0 Å². The van der Waals surface area contributed by atoms with Crippen molar-refractivity contribution in [2.45, 2.75) is 0 Å². The summed E-state index contributed by atoms with van der Waals surface area (Å²) in [4.78, 5) is 15.8. The molecule has 0 saturated heterocycles. The zero-order chi connectivity index (χ0) is 15.4. The molecule has 110 valence electrons. The predicted molar refractivity (Wildman–Crippen MR) is 88.0 cm³/mol. The Hall–Kier alpha value is -2.37. The molecule has 3 rings (SSSR count). The van der Waals surface area contributed by atoms with Gasteiger partial charge in [0.05, 0.1) is 10.5 Å². The number of carbonyl (C=O) groups is 1. The maximum absolute atomic E-state index is 11.9. The molecule has 6 heteroatoms. The Balaban J connectivity index is 1.68. The molecule has 1 amide bonds. The van der Waals surface area contributed by atoms with Gasteiger partial charge in [0.15, 0.2) is 0 Å². The second kappa shape index (κ2) is 6.60. The van der Waals surface area contributed by atoms with Crippen molar-refractivity contribution in [3.8, 4) is 11.5 Å². The molecule has 0 fully saturated rings. The summed E-state index contributed by atoms with van der Waals surface area (Å²) in [6, 6.07) is 14.3. The highest BCUT2D eigenvalue weighted by atomic mass is 35.5. The van der Waals surface area contributed by atoms with Crippen LogP contribution in [0.1, 0.15) is 10.5 Å². The third-order valence-corrected chi connectivity index (χ3v) is 3.74. The lowest BCUT2D eigenvalue weighted by Gasteiger charge is -2.08. The summed E-state index contributed by atoms with van der Waals surface area (Å²) < 4.78 is 5.69. The zero-order valence-corrected chi connectivity index (χ0v) is 12.9. The number of hydrogen-bond donors (Lipinski definition) is 1. The van der Waals surface area contributed by atoms with Crippen molar-refractivity contribution < 1.29 is 9.53 Å². The molecule has 22 heavy (non-hydrogen) atoms. The number of carbonyl (C=O) groups excluding carboxylic acids is 1. The Bertz CT molecular complexity index is 773. The van der Waals surface area contributed by atoms with Crippen molar-refractivity contribution in [3.63, 3.8) is 0 Å². The van der Waals surface area contributed by atoms with Crippen LogP contribution in [0.2, 0.25) is 5.02 Å². The van der Waals surface area contributed by atoms with Crippen LogP contribution in [0, 0.1) is 0 Å². The van der Waals surface area contributed by atoms with Crippen LogP contribution in [-0.2, 0) is 0 Å².